The smallest absolute Gasteiger partial charge is 0.254 e. The molecule has 0 N–H and O–H groups in total. The van der Waals surface area contributed by atoms with Crippen molar-refractivity contribution in [2.75, 3.05) is 47.6 Å². The first-order chi connectivity index (χ1) is 19.2. The Hall–Kier alpha value is -3.36. The van der Waals surface area contributed by atoms with E-state index in [1.54, 1.807) is 37.6 Å². The van der Waals surface area contributed by atoms with Gasteiger partial charge in [0.1, 0.15) is 6.54 Å². The first kappa shape index (κ1) is 31.2. The van der Waals surface area contributed by atoms with E-state index >= 15 is 0 Å². The van der Waals surface area contributed by atoms with Crippen molar-refractivity contribution in [3.05, 3.63) is 81.5 Å². The molecule has 216 valence electrons. The van der Waals surface area contributed by atoms with Crippen molar-refractivity contribution in [3.8, 4) is 11.5 Å². The van der Waals surface area contributed by atoms with Crippen LogP contribution in [0.3, 0.4) is 0 Å². The molecule has 2 aromatic carbocycles. The Morgan fingerprint density at radius 3 is 2.20 bits per heavy atom. The summed E-state index contributed by atoms with van der Waals surface area (Å²) in [5.74, 6) is 1.08. The third kappa shape index (κ3) is 8.83. The first-order valence-corrected chi connectivity index (χ1v) is 14.4. The van der Waals surface area contributed by atoms with E-state index in [4.69, 9.17) is 14.2 Å². The highest BCUT2D eigenvalue weighted by Gasteiger charge is 2.23. The molecule has 1 aromatic heterocycles. The molecule has 0 radical (unpaired) electrons. The molecule has 2 amide bonds. The summed E-state index contributed by atoms with van der Waals surface area (Å²) in [7, 11) is 4.86. The molecule has 0 bridgehead atoms. The molecule has 0 aliphatic heterocycles. The fourth-order valence-corrected chi connectivity index (χ4v) is 5.11. The van der Waals surface area contributed by atoms with Crippen molar-refractivity contribution >= 4 is 23.2 Å². The lowest BCUT2D eigenvalue weighted by Gasteiger charge is -2.28. The standard InChI is InChI=1S/C32H42N2O5S/c1-32(2,3)26-13-11-25(12-14-26)31(36)34(17-8-19-37-4)23-30(35)33(22-27-9-7-20-40-27)18-16-24-10-15-28(38-5)29(21-24)39-6/h7,9-15,20-21H,8,16-19,22-23H2,1-6H3. The van der Waals surface area contributed by atoms with Crippen molar-refractivity contribution in [1.82, 2.24) is 9.80 Å². The van der Waals surface area contributed by atoms with E-state index in [0.29, 0.717) is 56.1 Å². The minimum absolute atomic E-state index is 0.000872. The van der Waals surface area contributed by atoms with Crippen molar-refractivity contribution in [2.24, 2.45) is 0 Å². The van der Waals surface area contributed by atoms with Crippen molar-refractivity contribution < 1.29 is 23.8 Å². The second-order valence-electron chi connectivity index (χ2n) is 10.7. The molecule has 0 aliphatic rings. The second-order valence-corrected chi connectivity index (χ2v) is 11.8. The summed E-state index contributed by atoms with van der Waals surface area (Å²) in [5, 5.41) is 2.01. The van der Waals surface area contributed by atoms with Gasteiger partial charge in [0.15, 0.2) is 11.5 Å². The van der Waals surface area contributed by atoms with Gasteiger partial charge in [0.05, 0.1) is 20.8 Å². The minimum Gasteiger partial charge on any atom is -0.493 e. The van der Waals surface area contributed by atoms with E-state index < -0.39 is 0 Å². The molecule has 0 unspecified atom stereocenters. The number of thiophene rings is 1. The minimum atomic E-state index is -0.152. The van der Waals surface area contributed by atoms with E-state index in [-0.39, 0.29) is 23.8 Å². The highest BCUT2D eigenvalue weighted by molar-refractivity contribution is 7.09. The number of carbonyl (C=O) groups excluding carboxylic acids is 2. The molecule has 0 fully saturated rings. The van der Waals surface area contributed by atoms with Gasteiger partial charge >= 0.3 is 0 Å². The summed E-state index contributed by atoms with van der Waals surface area (Å²) in [6.07, 6.45) is 1.29. The van der Waals surface area contributed by atoms with Crippen molar-refractivity contribution in [2.45, 2.75) is 45.6 Å². The van der Waals surface area contributed by atoms with Crippen LogP contribution in [0.15, 0.2) is 60.0 Å². The third-order valence-electron chi connectivity index (χ3n) is 6.79. The number of hydrogen-bond donors (Lipinski definition) is 0. The number of hydrogen-bond acceptors (Lipinski definition) is 6. The second kappa shape index (κ2) is 14.9. The predicted octanol–water partition coefficient (Wildman–Crippen LogP) is 5.81. The summed E-state index contributed by atoms with van der Waals surface area (Å²) in [4.78, 5) is 31.9. The quantitative estimate of drug-likeness (QED) is 0.230. The molecule has 0 saturated carbocycles. The van der Waals surface area contributed by atoms with E-state index in [0.717, 1.165) is 16.0 Å². The molecule has 0 atom stereocenters. The lowest BCUT2D eigenvalue weighted by Crippen LogP contribution is -2.44. The fourth-order valence-electron chi connectivity index (χ4n) is 4.39. The van der Waals surface area contributed by atoms with Gasteiger partial charge in [-0.2, -0.15) is 0 Å². The summed E-state index contributed by atoms with van der Waals surface area (Å²) in [5.41, 5.74) is 2.76. The van der Waals surface area contributed by atoms with Crippen LogP contribution in [0.4, 0.5) is 0 Å². The zero-order chi connectivity index (χ0) is 29.1. The Balaban J connectivity index is 1.78. The molecular formula is C32H42N2O5S. The van der Waals surface area contributed by atoms with Gasteiger partial charge in [0, 0.05) is 37.2 Å². The van der Waals surface area contributed by atoms with E-state index in [2.05, 4.69) is 20.8 Å². The fraction of sp³-hybridized carbons (Fsp3) is 0.438. The van der Waals surface area contributed by atoms with Crippen LogP contribution in [0.2, 0.25) is 0 Å². The van der Waals surface area contributed by atoms with Gasteiger partial charge in [-0.15, -0.1) is 11.3 Å². The van der Waals surface area contributed by atoms with Crippen LogP contribution < -0.4 is 9.47 Å². The molecule has 0 spiro atoms. The maximum absolute atomic E-state index is 13.7. The first-order valence-electron chi connectivity index (χ1n) is 13.6. The van der Waals surface area contributed by atoms with Gasteiger partial charge in [0.2, 0.25) is 5.91 Å². The predicted molar refractivity (Wildman–Crippen MR) is 161 cm³/mol. The van der Waals surface area contributed by atoms with Crippen LogP contribution in [0.5, 0.6) is 11.5 Å². The zero-order valence-corrected chi connectivity index (χ0v) is 25.4. The highest BCUT2D eigenvalue weighted by atomic mass is 32.1. The Morgan fingerprint density at radius 1 is 0.875 bits per heavy atom. The summed E-state index contributed by atoms with van der Waals surface area (Å²) < 4.78 is 16.0. The number of rotatable bonds is 14. The van der Waals surface area contributed by atoms with Crippen LogP contribution in [0.25, 0.3) is 0 Å². The van der Waals surface area contributed by atoms with E-state index in [1.807, 2.05) is 64.9 Å². The molecule has 8 heteroatoms. The number of methoxy groups -OCH3 is 3. The molecule has 40 heavy (non-hydrogen) atoms. The van der Waals surface area contributed by atoms with Crippen LogP contribution in [0, 0.1) is 0 Å². The number of carbonyl (C=O) groups is 2. The van der Waals surface area contributed by atoms with Gasteiger partial charge in [-0.1, -0.05) is 45.0 Å². The van der Waals surface area contributed by atoms with Crippen LogP contribution in [-0.2, 0) is 27.9 Å². The molecule has 0 aliphatic carbocycles. The van der Waals surface area contributed by atoms with Gasteiger partial charge in [-0.3, -0.25) is 9.59 Å². The largest absolute Gasteiger partial charge is 0.493 e. The third-order valence-corrected chi connectivity index (χ3v) is 7.65. The average Bonchev–Trinajstić information content (AvgIpc) is 3.47. The average molecular weight is 567 g/mol. The SMILES string of the molecule is COCCCN(CC(=O)N(CCc1ccc(OC)c(OC)c1)Cc1cccs1)C(=O)c1ccc(C(C)(C)C)cc1. The van der Waals surface area contributed by atoms with Crippen LogP contribution in [-0.4, -0.2) is 69.2 Å². The topological polar surface area (TPSA) is 68.3 Å². The number of benzene rings is 2. The molecule has 1 heterocycles. The van der Waals surface area contributed by atoms with Crippen LogP contribution in [0.1, 0.15) is 53.6 Å². The number of amides is 2. The van der Waals surface area contributed by atoms with Gasteiger partial charge in [-0.05, 0) is 65.1 Å². The van der Waals surface area contributed by atoms with Crippen molar-refractivity contribution in [1.29, 1.82) is 0 Å². The normalized spacial score (nSPS) is 11.2. The molecule has 0 saturated heterocycles. The Bertz CT molecular complexity index is 1220. The van der Waals surface area contributed by atoms with Gasteiger partial charge in [0.25, 0.3) is 5.91 Å². The number of ether oxygens (including phenoxy) is 3. The Morgan fingerprint density at radius 2 is 1.60 bits per heavy atom. The molecular weight excluding hydrogens is 524 g/mol. The Labute approximate surface area is 242 Å². The van der Waals surface area contributed by atoms with Gasteiger partial charge in [-0.25, -0.2) is 0 Å². The summed E-state index contributed by atoms with van der Waals surface area (Å²) >= 11 is 1.62. The maximum Gasteiger partial charge on any atom is 0.254 e. The lowest BCUT2D eigenvalue weighted by molar-refractivity contribution is -0.132. The molecule has 7 nitrogen and oxygen atoms in total. The highest BCUT2D eigenvalue weighted by Crippen LogP contribution is 2.28. The van der Waals surface area contributed by atoms with Crippen molar-refractivity contribution in [3.63, 3.8) is 0 Å². The van der Waals surface area contributed by atoms with Crippen LogP contribution >= 0.6 is 11.3 Å². The Kier molecular flexibility index (Phi) is 11.6. The maximum atomic E-state index is 13.7. The zero-order valence-electron chi connectivity index (χ0n) is 24.6. The summed E-state index contributed by atoms with van der Waals surface area (Å²) in [6.45, 7) is 8.37. The summed E-state index contributed by atoms with van der Waals surface area (Å²) in [6, 6.07) is 17.5. The molecule has 3 aromatic rings. The molecule has 3 rings (SSSR count). The number of nitrogens with zero attached hydrogens (tertiary/aromatic N) is 2. The van der Waals surface area contributed by atoms with E-state index in [9.17, 15) is 9.59 Å². The lowest BCUT2D eigenvalue weighted by atomic mass is 9.86. The van der Waals surface area contributed by atoms with E-state index in [1.165, 1.54) is 0 Å². The monoisotopic (exact) mass is 566 g/mol. The van der Waals surface area contributed by atoms with Gasteiger partial charge < -0.3 is 24.0 Å².